The van der Waals surface area contributed by atoms with E-state index < -0.39 is 0 Å². The van der Waals surface area contributed by atoms with E-state index in [0.29, 0.717) is 6.04 Å². The average Bonchev–Trinajstić information content (AvgIpc) is 3.06. The van der Waals surface area contributed by atoms with Gasteiger partial charge in [-0.25, -0.2) is 0 Å². The van der Waals surface area contributed by atoms with Crippen molar-refractivity contribution < 1.29 is 0 Å². The first-order chi connectivity index (χ1) is 11.8. The number of hydrogen-bond donors (Lipinski definition) is 1. The molecular weight excluding hydrogens is 314 g/mol. The van der Waals surface area contributed by atoms with Gasteiger partial charge in [0.25, 0.3) is 0 Å². The van der Waals surface area contributed by atoms with Gasteiger partial charge in [0, 0.05) is 55.5 Å². The summed E-state index contributed by atoms with van der Waals surface area (Å²) >= 11 is 2.09. The number of rotatable bonds is 4. The summed E-state index contributed by atoms with van der Waals surface area (Å²) < 4.78 is 0. The predicted octanol–water partition coefficient (Wildman–Crippen LogP) is 3.58. The molecule has 3 nitrogen and oxygen atoms in total. The maximum absolute atomic E-state index is 3.85. The molecule has 0 spiro atoms. The molecule has 0 bridgehead atoms. The van der Waals surface area contributed by atoms with Gasteiger partial charge in [-0.3, -0.25) is 4.90 Å². The largest absolute Gasteiger partial charge is 0.382 e. The van der Waals surface area contributed by atoms with E-state index in [1.54, 1.807) is 0 Å². The molecule has 1 N–H and O–H groups in total. The molecule has 132 valence electrons. The molecule has 4 rings (SSSR count). The van der Waals surface area contributed by atoms with E-state index in [4.69, 9.17) is 0 Å². The molecular formula is C20H31N3S. The second-order valence-corrected chi connectivity index (χ2v) is 8.96. The molecule has 3 saturated heterocycles. The van der Waals surface area contributed by atoms with Crippen LogP contribution in [0.4, 0.5) is 5.69 Å². The van der Waals surface area contributed by atoms with Crippen molar-refractivity contribution in [2.24, 2.45) is 0 Å². The highest BCUT2D eigenvalue weighted by atomic mass is 32.2. The van der Waals surface area contributed by atoms with Crippen LogP contribution in [-0.4, -0.2) is 59.6 Å². The summed E-state index contributed by atoms with van der Waals surface area (Å²) in [6, 6.07) is 8.56. The van der Waals surface area contributed by atoms with Gasteiger partial charge < -0.3 is 10.2 Å². The fourth-order valence-corrected chi connectivity index (χ4v) is 5.56. The topological polar surface area (TPSA) is 18.5 Å². The van der Waals surface area contributed by atoms with Crippen molar-refractivity contribution in [3.8, 4) is 0 Å². The van der Waals surface area contributed by atoms with Gasteiger partial charge >= 0.3 is 0 Å². The third-order valence-electron chi connectivity index (χ3n) is 5.98. The van der Waals surface area contributed by atoms with Crippen molar-refractivity contribution in [1.82, 2.24) is 9.80 Å². The normalized spacial score (nSPS) is 28.7. The van der Waals surface area contributed by atoms with Gasteiger partial charge in [0.1, 0.15) is 0 Å². The third-order valence-corrected chi connectivity index (χ3v) is 6.92. The monoisotopic (exact) mass is 345 g/mol. The number of fused-ring (bicyclic) bond motifs is 1. The summed E-state index contributed by atoms with van der Waals surface area (Å²) in [5, 5.41) is 3.85. The zero-order valence-electron chi connectivity index (χ0n) is 15.0. The summed E-state index contributed by atoms with van der Waals surface area (Å²) in [4.78, 5) is 5.29. The Morgan fingerprint density at radius 2 is 2.00 bits per heavy atom. The van der Waals surface area contributed by atoms with Crippen molar-refractivity contribution in [3.63, 3.8) is 0 Å². The summed E-state index contributed by atoms with van der Waals surface area (Å²) in [6.45, 7) is 8.48. The Hall–Kier alpha value is -0.710. The Kier molecular flexibility index (Phi) is 5.35. The molecule has 1 aromatic rings. The zero-order chi connectivity index (χ0) is 16.4. The van der Waals surface area contributed by atoms with E-state index in [1.807, 2.05) is 0 Å². The van der Waals surface area contributed by atoms with Gasteiger partial charge in [-0.1, -0.05) is 12.1 Å². The molecule has 0 aromatic heterocycles. The summed E-state index contributed by atoms with van der Waals surface area (Å²) in [6.07, 6.45) is 5.43. The van der Waals surface area contributed by atoms with Crippen LogP contribution in [0.2, 0.25) is 0 Å². The van der Waals surface area contributed by atoms with Crippen LogP contribution in [-0.2, 0) is 6.54 Å². The maximum atomic E-state index is 3.85. The van der Waals surface area contributed by atoms with Crippen molar-refractivity contribution in [3.05, 3.63) is 29.3 Å². The molecule has 24 heavy (non-hydrogen) atoms. The zero-order valence-corrected chi connectivity index (χ0v) is 15.8. The fourth-order valence-electron chi connectivity index (χ4n) is 4.58. The number of hydrogen-bond acceptors (Lipinski definition) is 4. The van der Waals surface area contributed by atoms with Crippen molar-refractivity contribution >= 4 is 17.4 Å². The lowest BCUT2D eigenvalue weighted by molar-refractivity contribution is 0.188. The number of nitrogens with zero attached hydrogens (tertiary/aromatic N) is 2. The Bertz CT molecular complexity index is 556. The van der Waals surface area contributed by atoms with Crippen LogP contribution in [0.25, 0.3) is 0 Å². The van der Waals surface area contributed by atoms with Gasteiger partial charge in [0.2, 0.25) is 0 Å². The number of thioether (sulfide) groups is 1. The van der Waals surface area contributed by atoms with Crippen molar-refractivity contribution in [1.29, 1.82) is 0 Å². The first-order valence-electron chi connectivity index (χ1n) is 9.68. The Balaban J connectivity index is 1.35. The number of aryl methyl sites for hydroxylation is 1. The van der Waals surface area contributed by atoms with Crippen molar-refractivity contribution in [2.45, 2.75) is 51.2 Å². The highest BCUT2D eigenvalue weighted by Crippen LogP contribution is 2.29. The van der Waals surface area contributed by atoms with E-state index in [2.05, 4.69) is 52.0 Å². The Morgan fingerprint density at radius 1 is 1.12 bits per heavy atom. The highest BCUT2D eigenvalue weighted by Gasteiger charge is 2.31. The predicted molar refractivity (Wildman–Crippen MR) is 105 cm³/mol. The molecule has 0 radical (unpaired) electrons. The maximum Gasteiger partial charge on any atom is 0.0372 e. The van der Waals surface area contributed by atoms with Gasteiger partial charge in [-0.05, 0) is 56.3 Å². The van der Waals surface area contributed by atoms with Crippen LogP contribution in [0.3, 0.4) is 0 Å². The van der Waals surface area contributed by atoms with Crippen LogP contribution >= 0.6 is 11.8 Å². The van der Waals surface area contributed by atoms with E-state index >= 15 is 0 Å². The molecule has 1 aromatic carbocycles. The molecule has 0 saturated carbocycles. The lowest BCUT2D eigenvalue weighted by atomic mass is 9.97. The Labute approximate surface area is 151 Å². The number of piperidine rings is 1. The summed E-state index contributed by atoms with van der Waals surface area (Å²) in [7, 11) is 0. The smallest absolute Gasteiger partial charge is 0.0372 e. The second-order valence-electron chi connectivity index (χ2n) is 7.74. The number of benzene rings is 1. The van der Waals surface area contributed by atoms with Crippen molar-refractivity contribution in [2.75, 3.05) is 43.0 Å². The standard InChI is InChI=1S/C20H31N3S/c1-16-13-17(15-22-9-11-24-12-10-22)4-5-20(16)21-18-6-8-23-7-2-3-19(23)14-18/h4-5,13,18-19,21H,2-3,6-12,14-15H2,1H3. The van der Waals surface area contributed by atoms with Crippen LogP contribution in [0.1, 0.15) is 36.8 Å². The SMILES string of the molecule is Cc1cc(CN2CCSCC2)ccc1NC1CCN2CCCC2C1. The first kappa shape index (κ1) is 16.7. The second kappa shape index (κ2) is 7.67. The first-order valence-corrected chi connectivity index (χ1v) is 10.8. The minimum atomic E-state index is 0.660. The molecule has 2 unspecified atom stereocenters. The van der Waals surface area contributed by atoms with Crippen LogP contribution < -0.4 is 5.32 Å². The molecule has 0 aliphatic carbocycles. The lowest BCUT2D eigenvalue weighted by Crippen LogP contribution is -2.42. The molecule has 2 atom stereocenters. The quantitative estimate of drug-likeness (QED) is 0.898. The lowest BCUT2D eigenvalue weighted by Gasteiger charge is -2.36. The van der Waals surface area contributed by atoms with E-state index in [-0.39, 0.29) is 0 Å². The molecule has 3 fully saturated rings. The number of anilines is 1. The summed E-state index contributed by atoms with van der Waals surface area (Å²) in [5.41, 5.74) is 4.23. The van der Waals surface area contributed by atoms with Crippen LogP contribution in [0.5, 0.6) is 0 Å². The molecule has 3 heterocycles. The Morgan fingerprint density at radius 3 is 2.83 bits per heavy atom. The number of nitrogens with one attached hydrogen (secondary N) is 1. The van der Waals surface area contributed by atoms with Gasteiger partial charge in [-0.15, -0.1) is 0 Å². The third kappa shape index (κ3) is 3.92. The fraction of sp³-hybridized carbons (Fsp3) is 0.700. The van der Waals surface area contributed by atoms with Crippen LogP contribution in [0, 0.1) is 6.92 Å². The van der Waals surface area contributed by atoms with E-state index in [1.165, 1.54) is 80.2 Å². The minimum Gasteiger partial charge on any atom is -0.382 e. The molecule has 3 aliphatic rings. The summed E-state index contributed by atoms with van der Waals surface area (Å²) in [5.74, 6) is 2.58. The molecule has 0 amide bonds. The molecule has 3 aliphatic heterocycles. The van der Waals surface area contributed by atoms with Crippen LogP contribution in [0.15, 0.2) is 18.2 Å². The van der Waals surface area contributed by atoms with E-state index in [9.17, 15) is 0 Å². The highest BCUT2D eigenvalue weighted by molar-refractivity contribution is 7.99. The van der Waals surface area contributed by atoms with Gasteiger partial charge in [0.05, 0.1) is 0 Å². The van der Waals surface area contributed by atoms with E-state index in [0.717, 1.165) is 12.6 Å². The van der Waals surface area contributed by atoms with Gasteiger partial charge in [-0.2, -0.15) is 11.8 Å². The molecule has 4 heteroatoms. The van der Waals surface area contributed by atoms with Gasteiger partial charge in [0.15, 0.2) is 0 Å². The average molecular weight is 346 g/mol. The minimum absolute atomic E-state index is 0.660.